The minimum atomic E-state index is -0.837. The predicted molar refractivity (Wildman–Crippen MR) is 138 cm³/mol. The predicted octanol–water partition coefficient (Wildman–Crippen LogP) is 3.90. The Balaban J connectivity index is 1.41. The molecule has 6 rings (SSSR count). The smallest absolute Gasteiger partial charge is 0.243 e. The number of hydrogen-bond donors (Lipinski definition) is 0. The maximum atomic E-state index is 13.4. The van der Waals surface area contributed by atoms with Crippen LogP contribution in [0.1, 0.15) is 63.1 Å². The lowest BCUT2D eigenvalue weighted by molar-refractivity contribution is -0.146. The number of rotatable bonds is 4. The van der Waals surface area contributed by atoms with E-state index in [-0.39, 0.29) is 18.0 Å². The number of carbonyl (C=O) groups excluding carboxylic acids is 1. The van der Waals surface area contributed by atoms with Crippen LogP contribution in [0.25, 0.3) is 22.2 Å². The Kier molecular flexibility index (Phi) is 5.41. The SMILES string of the molecule is C[C@@H]1CN(c2ncnc3c(-c4cc(C#N)n(C)n4)ccc(C4CC4)c23)[C@@H](C)CN1C(=O)C1(C#N)CCC1. The molecule has 188 valence electrons. The summed E-state index contributed by atoms with van der Waals surface area (Å²) in [6.07, 6.45) is 6.17. The van der Waals surface area contributed by atoms with E-state index in [9.17, 15) is 15.3 Å². The summed E-state index contributed by atoms with van der Waals surface area (Å²) in [7, 11) is 1.77. The van der Waals surface area contributed by atoms with Crippen LogP contribution in [0.15, 0.2) is 24.5 Å². The van der Waals surface area contributed by atoms with Crippen LogP contribution in [-0.4, -0.2) is 55.7 Å². The summed E-state index contributed by atoms with van der Waals surface area (Å²) >= 11 is 0. The van der Waals surface area contributed by atoms with Gasteiger partial charge in [0.2, 0.25) is 5.91 Å². The topological polar surface area (TPSA) is 115 Å². The Hall–Kier alpha value is -3.98. The van der Waals surface area contributed by atoms with Crippen molar-refractivity contribution in [2.24, 2.45) is 12.5 Å². The van der Waals surface area contributed by atoms with Gasteiger partial charge < -0.3 is 9.80 Å². The summed E-state index contributed by atoms with van der Waals surface area (Å²) < 4.78 is 1.59. The number of piperazine rings is 1. The molecule has 37 heavy (non-hydrogen) atoms. The summed E-state index contributed by atoms with van der Waals surface area (Å²) in [6, 6.07) is 10.5. The molecule has 1 aromatic carbocycles. The second kappa shape index (κ2) is 8.55. The van der Waals surface area contributed by atoms with Gasteiger partial charge in [-0.1, -0.05) is 12.1 Å². The molecule has 3 aromatic rings. The average Bonchev–Trinajstić information content (AvgIpc) is 3.65. The van der Waals surface area contributed by atoms with Crippen LogP contribution in [-0.2, 0) is 11.8 Å². The maximum absolute atomic E-state index is 13.4. The van der Waals surface area contributed by atoms with Crippen LogP contribution in [0.4, 0.5) is 5.82 Å². The highest BCUT2D eigenvalue weighted by Crippen LogP contribution is 2.47. The molecule has 3 heterocycles. The number of hydrogen-bond acceptors (Lipinski definition) is 7. The third kappa shape index (κ3) is 3.64. The lowest BCUT2D eigenvalue weighted by atomic mass is 9.68. The maximum Gasteiger partial charge on any atom is 0.243 e. The van der Waals surface area contributed by atoms with Gasteiger partial charge in [-0.3, -0.25) is 9.48 Å². The molecular formula is C28H30N8O. The number of carbonyl (C=O) groups is 1. The molecule has 9 heteroatoms. The first-order chi connectivity index (χ1) is 17.9. The second-order valence-electron chi connectivity index (χ2n) is 10.9. The van der Waals surface area contributed by atoms with E-state index < -0.39 is 5.41 Å². The van der Waals surface area contributed by atoms with Crippen molar-refractivity contribution < 1.29 is 4.79 Å². The summed E-state index contributed by atoms with van der Waals surface area (Å²) in [5, 5.41) is 24.8. The molecular weight excluding hydrogens is 464 g/mol. The van der Waals surface area contributed by atoms with Crippen molar-refractivity contribution in [1.29, 1.82) is 10.5 Å². The first-order valence-corrected chi connectivity index (χ1v) is 13.1. The average molecular weight is 495 g/mol. The third-order valence-electron chi connectivity index (χ3n) is 8.44. The van der Waals surface area contributed by atoms with Gasteiger partial charge in [-0.2, -0.15) is 15.6 Å². The van der Waals surface area contributed by atoms with E-state index >= 15 is 0 Å². The van der Waals surface area contributed by atoms with Gasteiger partial charge in [0, 0.05) is 49.2 Å². The minimum absolute atomic E-state index is 0.0165. The summed E-state index contributed by atoms with van der Waals surface area (Å²) in [5.41, 5.74) is 3.35. The van der Waals surface area contributed by atoms with Gasteiger partial charge in [-0.05, 0) is 57.4 Å². The first kappa shape index (κ1) is 23.4. The van der Waals surface area contributed by atoms with Crippen molar-refractivity contribution in [2.45, 2.75) is 64.0 Å². The molecule has 9 nitrogen and oxygen atoms in total. The van der Waals surface area contributed by atoms with Crippen molar-refractivity contribution in [3.8, 4) is 23.4 Å². The quantitative estimate of drug-likeness (QED) is 0.540. The van der Waals surface area contributed by atoms with Gasteiger partial charge in [0.1, 0.15) is 29.3 Å². The van der Waals surface area contributed by atoms with Gasteiger partial charge in [0.05, 0.1) is 17.3 Å². The zero-order chi connectivity index (χ0) is 25.9. The number of nitriles is 2. The monoisotopic (exact) mass is 494 g/mol. The molecule has 2 aliphatic carbocycles. The molecule has 2 aromatic heterocycles. The Labute approximate surface area is 216 Å². The van der Waals surface area contributed by atoms with Gasteiger partial charge in [-0.25, -0.2) is 9.97 Å². The Morgan fingerprint density at radius 2 is 1.89 bits per heavy atom. The molecule has 2 saturated carbocycles. The molecule has 1 amide bonds. The highest BCUT2D eigenvalue weighted by atomic mass is 16.2. The number of benzene rings is 1. The summed E-state index contributed by atoms with van der Waals surface area (Å²) in [6.45, 7) is 5.38. The second-order valence-corrected chi connectivity index (χ2v) is 10.9. The Morgan fingerprint density at radius 3 is 2.51 bits per heavy atom. The highest BCUT2D eigenvalue weighted by Gasteiger charge is 2.49. The fourth-order valence-corrected chi connectivity index (χ4v) is 5.93. The van der Waals surface area contributed by atoms with E-state index in [1.165, 1.54) is 5.56 Å². The van der Waals surface area contributed by atoms with E-state index in [0.717, 1.165) is 47.2 Å². The van der Waals surface area contributed by atoms with E-state index in [0.29, 0.717) is 37.5 Å². The largest absolute Gasteiger partial charge is 0.349 e. The van der Waals surface area contributed by atoms with Gasteiger partial charge >= 0.3 is 0 Å². The molecule has 0 N–H and O–H groups in total. The van der Waals surface area contributed by atoms with Crippen molar-refractivity contribution >= 4 is 22.6 Å². The van der Waals surface area contributed by atoms with Crippen LogP contribution >= 0.6 is 0 Å². The van der Waals surface area contributed by atoms with E-state index in [4.69, 9.17) is 9.97 Å². The lowest BCUT2D eigenvalue weighted by Crippen LogP contribution is -2.61. The number of anilines is 1. The number of nitrogens with zero attached hydrogens (tertiary/aromatic N) is 8. The Bertz CT molecular complexity index is 1490. The number of amides is 1. The number of aryl methyl sites for hydroxylation is 1. The van der Waals surface area contributed by atoms with Gasteiger partial charge in [-0.15, -0.1) is 0 Å². The fourth-order valence-electron chi connectivity index (χ4n) is 5.93. The first-order valence-electron chi connectivity index (χ1n) is 13.1. The normalized spacial score (nSPS) is 22.8. The molecule has 0 bridgehead atoms. The molecule has 3 aliphatic rings. The molecule has 0 unspecified atom stereocenters. The fraction of sp³-hybridized carbons (Fsp3) is 0.500. The zero-order valence-corrected chi connectivity index (χ0v) is 21.5. The van der Waals surface area contributed by atoms with E-state index in [2.05, 4.69) is 48.1 Å². The molecule has 0 spiro atoms. The molecule has 2 atom stereocenters. The zero-order valence-electron chi connectivity index (χ0n) is 21.5. The van der Waals surface area contributed by atoms with Gasteiger partial charge in [0.15, 0.2) is 0 Å². The molecule has 0 radical (unpaired) electrons. The number of aromatic nitrogens is 4. The Morgan fingerprint density at radius 1 is 1.11 bits per heavy atom. The van der Waals surface area contributed by atoms with Crippen LogP contribution in [0.5, 0.6) is 0 Å². The van der Waals surface area contributed by atoms with Crippen LogP contribution in [0.2, 0.25) is 0 Å². The molecule has 1 aliphatic heterocycles. The minimum Gasteiger partial charge on any atom is -0.349 e. The number of fused-ring (bicyclic) bond motifs is 1. The van der Waals surface area contributed by atoms with E-state index in [1.807, 2.05) is 4.90 Å². The highest BCUT2D eigenvalue weighted by molar-refractivity contribution is 6.01. The van der Waals surface area contributed by atoms with Crippen LogP contribution in [0.3, 0.4) is 0 Å². The van der Waals surface area contributed by atoms with E-state index in [1.54, 1.807) is 24.1 Å². The van der Waals surface area contributed by atoms with Crippen LogP contribution < -0.4 is 4.90 Å². The lowest BCUT2D eigenvalue weighted by Gasteiger charge is -2.48. The van der Waals surface area contributed by atoms with Gasteiger partial charge in [0.25, 0.3) is 0 Å². The standard InChI is InChI=1S/C28H30N8O/c1-17-14-36(27(37)28(15-30)9-4-10-28)18(2)13-35(17)26-24-21(19-5-6-19)7-8-22(25(24)31-16-32-26)23-11-20(12-29)34(3)33-23/h7-8,11,16-19H,4-6,9-10,13-14H2,1-3H3/t17-,18+/m0/s1. The molecule has 1 saturated heterocycles. The summed E-state index contributed by atoms with van der Waals surface area (Å²) in [5.74, 6) is 1.36. The summed E-state index contributed by atoms with van der Waals surface area (Å²) in [4.78, 5) is 27.1. The van der Waals surface area contributed by atoms with Crippen LogP contribution in [0, 0.1) is 28.1 Å². The van der Waals surface area contributed by atoms with Crippen molar-refractivity contribution in [2.75, 3.05) is 18.0 Å². The molecule has 3 fully saturated rings. The third-order valence-corrected chi connectivity index (χ3v) is 8.44. The van der Waals surface area contributed by atoms with Crippen molar-refractivity contribution in [1.82, 2.24) is 24.6 Å². The van der Waals surface area contributed by atoms with Crippen molar-refractivity contribution in [3.05, 3.63) is 35.8 Å². The van der Waals surface area contributed by atoms with Crippen molar-refractivity contribution in [3.63, 3.8) is 0 Å².